The molecule has 0 saturated heterocycles. The van der Waals surface area contributed by atoms with E-state index >= 15 is 0 Å². The number of aryl methyl sites for hydroxylation is 1. The Morgan fingerprint density at radius 3 is 2.73 bits per heavy atom. The van der Waals surface area contributed by atoms with E-state index in [9.17, 15) is 5.11 Å². The van der Waals surface area contributed by atoms with Crippen LogP contribution in [-0.4, -0.2) is 22.2 Å². The van der Waals surface area contributed by atoms with Crippen molar-refractivity contribution in [2.45, 2.75) is 39.3 Å². The molecule has 0 aliphatic carbocycles. The number of rotatable bonds is 4. The molecule has 0 bridgehead atoms. The van der Waals surface area contributed by atoms with Gasteiger partial charge in [0.15, 0.2) is 0 Å². The Bertz CT molecular complexity index is 318. The van der Waals surface area contributed by atoms with Crippen LogP contribution in [0.15, 0.2) is 18.5 Å². The first kappa shape index (κ1) is 12.1. The molecule has 0 amide bonds. The molecule has 3 nitrogen and oxygen atoms in total. The SMILES string of the molecule is Cc1ccncc1C(C)NCC(C)(C)O. The number of nitrogens with zero attached hydrogens (tertiary/aromatic N) is 1. The van der Waals surface area contributed by atoms with Crippen molar-refractivity contribution in [2.24, 2.45) is 0 Å². The fourth-order valence-electron chi connectivity index (χ4n) is 1.44. The smallest absolute Gasteiger partial charge is 0.0715 e. The fourth-order valence-corrected chi connectivity index (χ4v) is 1.44. The minimum Gasteiger partial charge on any atom is -0.389 e. The fraction of sp³-hybridized carbons (Fsp3) is 0.583. The Labute approximate surface area is 91.5 Å². The molecule has 0 fully saturated rings. The van der Waals surface area contributed by atoms with Gasteiger partial charge >= 0.3 is 0 Å². The summed E-state index contributed by atoms with van der Waals surface area (Å²) in [6, 6.07) is 2.21. The van der Waals surface area contributed by atoms with Crippen LogP contribution in [0.25, 0.3) is 0 Å². The summed E-state index contributed by atoms with van der Waals surface area (Å²) in [5.74, 6) is 0. The molecule has 2 N–H and O–H groups in total. The van der Waals surface area contributed by atoms with Gasteiger partial charge in [-0.25, -0.2) is 0 Å². The van der Waals surface area contributed by atoms with Crippen molar-refractivity contribution in [3.8, 4) is 0 Å². The van der Waals surface area contributed by atoms with Gasteiger partial charge in [0.25, 0.3) is 0 Å². The maximum Gasteiger partial charge on any atom is 0.0715 e. The quantitative estimate of drug-likeness (QED) is 0.793. The summed E-state index contributed by atoms with van der Waals surface area (Å²) in [6.07, 6.45) is 3.67. The van der Waals surface area contributed by atoms with Gasteiger partial charge in [-0.15, -0.1) is 0 Å². The lowest BCUT2D eigenvalue weighted by Gasteiger charge is -2.22. The van der Waals surface area contributed by atoms with Gasteiger partial charge in [0, 0.05) is 25.0 Å². The summed E-state index contributed by atoms with van der Waals surface area (Å²) in [4.78, 5) is 4.11. The summed E-state index contributed by atoms with van der Waals surface area (Å²) in [5, 5.41) is 12.9. The molecule has 15 heavy (non-hydrogen) atoms. The third-order valence-electron chi connectivity index (χ3n) is 2.39. The minimum atomic E-state index is -0.676. The largest absolute Gasteiger partial charge is 0.389 e. The average Bonchev–Trinajstić information content (AvgIpc) is 2.14. The molecule has 0 aromatic carbocycles. The van der Waals surface area contributed by atoms with Gasteiger partial charge in [-0.3, -0.25) is 4.98 Å². The van der Waals surface area contributed by atoms with Crippen LogP contribution in [0.5, 0.6) is 0 Å². The van der Waals surface area contributed by atoms with Crippen LogP contribution in [0, 0.1) is 6.92 Å². The molecule has 0 aliphatic rings. The molecule has 1 heterocycles. The van der Waals surface area contributed by atoms with Crippen molar-refractivity contribution < 1.29 is 5.11 Å². The Kier molecular flexibility index (Phi) is 3.83. The van der Waals surface area contributed by atoms with Gasteiger partial charge in [0.2, 0.25) is 0 Å². The second kappa shape index (κ2) is 4.73. The van der Waals surface area contributed by atoms with E-state index in [1.54, 1.807) is 20.0 Å². The molecular weight excluding hydrogens is 188 g/mol. The van der Waals surface area contributed by atoms with Crippen molar-refractivity contribution in [1.29, 1.82) is 0 Å². The van der Waals surface area contributed by atoms with Crippen LogP contribution in [0.4, 0.5) is 0 Å². The summed E-state index contributed by atoms with van der Waals surface area (Å²) < 4.78 is 0. The first-order valence-electron chi connectivity index (χ1n) is 5.26. The number of hydrogen-bond acceptors (Lipinski definition) is 3. The lowest BCUT2D eigenvalue weighted by molar-refractivity contribution is 0.0770. The predicted molar refractivity (Wildman–Crippen MR) is 61.7 cm³/mol. The minimum absolute atomic E-state index is 0.213. The first-order chi connectivity index (χ1) is 6.90. The number of pyridine rings is 1. The van der Waals surface area contributed by atoms with E-state index in [1.807, 2.05) is 12.3 Å². The molecular formula is C12H20N2O. The molecule has 0 aliphatic heterocycles. The highest BCUT2D eigenvalue weighted by molar-refractivity contribution is 5.24. The summed E-state index contributed by atoms with van der Waals surface area (Å²) in [5.41, 5.74) is 1.73. The normalized spacial score (nSPS) is 13.9. The van der Waals surface area contributed by atoms with Crippen molar-refractivity contribution >= 4 is 0 Å². The lowest BCUT2D eigenvalue weighted by atomic mass is 10.0. The zero-order valence-electron chi connectivity index (χ0n) is 9.91. The molecule has 1 aromatic heterocycles. The molecule has 1 rings (SSSR count). The van der Waals surface area contributed by atoms with Crippen LogP contribution in [0.3, 0.4) is 0 Å². The maximum atomic E-state index is 9.60. The Balaban J connectivity index is 2.62. The molecule has 0 saturated carbocycles. The number of nitrogens with one attached hydrogen (secondary N) is 1. The zero-order valence-corrected chi connectivity index (χ0v) is 9.91. The van der Waals surface area contributed by atoms with Crippen molar-refractivity contribution in [1.82, 2.24) is 10.3 Å². The summed E-state index contributed by atoms with van der Waals surface area (Å²) >= 11 is 0. The van der Waals surface area contributed by atoms with E-state index in [4.69, 9.17) is 0 Å². The molecule has 0 spiro atoms. The van der Waals surface area contributed by atoms with E-state index in [0.717, 1.165) is 0 Å². The van der Waals surface area contributed by atoms with Gasteiger partial charge < -0.3 is 10.4 Å². The molecule has 1 aromatic rings. The third-order valence-corrected chi connectivity index (χ3v) is 2.39. The van der Waals surface area contributed by atoms with E-state index in [0.29, 0.717) is 6.54 Å². The standard InChI is InChI=1S/C12H20N2O/c1-9-5-6-13-7-11(9)10(2)14-8-12(3,4)15/h5-7,10,14-15H,8H2,1-4H3. The van der Waals surface area contributed by atoms with Crippen LogP contribution in [0.1, 0.15) is 37.9 Å². The number of aliphatic hydroxyl groups is 1. The second-order valence-electron chi connectivity index (χ2n) is 4.65. The monoisotopic (exact) mass is 208 g/mol. The van der Waals surface area contributed by atoms with E-state index < -0.39 is 5.60 Å². The highest BCUT2D eigenvalue weighted by Gasteiger charge is 2.15. The van der Waals surface area contributed by atoms with E-state index in [-0.39, 0.29) is 6.04 Å². The third kappa shape index (κ3) is 3.98. The molecule has 3 heteroatoms. The molecule has 0 radical (unpaired) electrons. The van der Waals surface area contributed by atoms with Gasteiger partial charge in [-0.05, 0) is 44.9 Å². The second-order valence-corrected chi connectivity index (χ2v) is 4.65. The Morgan fingerprint density at radius 1 is 1.53 bits per heavy atom. The maximum absolute atomic E-state index is 9.60. The number of aromatic nitrogens is 1. The predicted octanol–water partition coefficient (Wildman–Crippen LogP) is 1.81. The van der Waals surface area contributed by atoms with E-state index in [1.165, 1.54) is 11.1 Å². The van der Waals surface area contributed by atoms with Gasteiger partial charge in [0.05, 0.1) is 5.60 Å². The molecule has 1 atom stereocenters. The van der Waals surface area contributed by atoms with Crippen molar-refractivity contribution in [2.75, 3.05) is 6.54 Å². The van der Waals surface area contributed by atoms with Crippen LogP contribution < -0.4 is 5.32 Å². The van der Waals surface area contributed by atoms with Gasteiger partial charge in [0.1, 0.15) is 0 Å². The first-order valence-corrected chi connectivity index (χ1v) is 5.26. The highest BCUT2D eigenvalue weighted by Crippen LogP contribution is 2.15. The van der Waals surface area contributed by atoms with Gasteiger partial charge in [-0.1, -0.05) is 0 Å². The lowest BCUT2D eigenvalue weighted by Crippen LogP contribution is -2.36. The highest BCUT2D eigenvalue weighted by atomic mass is 16.3. The Morgan fingerprint density at radius 2 is 2.20 bits per heavy atom. The molecule has 1 unspecified atom stereocenters. The summed E-state index contributed by atoms with van der Waals surface area (Å²) in [6.45, 7) is 8.31. The van der Waals surface area contributed by atoms with Crippen molar-refractivity contribution in [3.63, 3.8) is 0 Å². The van der Waals surface area contributed by atoms with Crippen LogP contribution >= 0.6 is 0 Å². The average molecular weight is 208 g/mol. The van der Waals surface area contributed by atoms with Crippen LogP contribution in [0.2, 0.25) is 0 Å². The Hall–Kier alpha value is -0.930. The topological polar surface area (TPSA) is 45.2 Å². The van der Waals surface area contributed by atoms with E-state index in [2.05, 4.69) is 24.1 Å². The van der Waals surface area contributed by atoms with Gasteiger partial charge in [-0.2, -0.15) is 0 Å². The number of hydrogen-bond donors (Lipinski definition) is 2. The molecule has 84 valence electrons. The van der Waals surface area contributed by atoms with Crippen molar-refractivity contribution in [3.05, 3.63) is 29.6 Å². The zero-order chi connectivity index (χ0) is 11.5. The summed E-state index contributed by atoms with van der Waals surface area (Å²) in [7, 11) is 0. The van der Waals surface area contributed by atoms with Crippen LogP contribution in [-0.2, 0) is 0 Å².